The van der Waals surface area contributed by atoms with E-state index in [2.05, 4.69) is 205 Å². The van der Waals surface area contributed by atoms with Gasteiger partial charge in [0.1, 0.15) is 0 Å². The van der Waals surface area contributed by atoms with E-state index in [0.29, 0.717) is 0 Å². The molecule has 0 aliphatic carbocycles. The van der Waals surface area contributed by atoms with E-state index in [-0.39, 0.29) is 0 Å². The van der Waals surface area contributed by atoms with Crippen LogP contribution in [0.1, 0.15) is 0 Å². The standard InChI is InChI=1S/C54H33NS/c1-2-14-35(15-3-1)51-47-32-31-46-45-22-12-21-40(38-26-25-34-13-4-5-16-37(34)33-38)53(45)56-54(46)52(47)44-20-7-6-19-43(44)50(51)36-27-29-39(30-28-36)55-48-23-10-8-17-41(48)42-18-9-11-24-49(42)55/h1-33H. The van der Waals surface area contributed by atoms with Crippen LogP contribution in [0.3, 0.4) is 0 Å². The predicted octanol–water partition coefficient (Wildman–Crippen LogP) is 15.6. The molecule has 1 nitrogen and oxygen atoms in total. The second kappa shape index (κ2) is 12.3. The number of hydrogen-bond acceptors (Lipinski definition) is 1. The molecule has 10 aromatic carbocycles. The Hall–Kier alpha value is -7.00. The summed E-state index contributed by atoms with van der Waals surface area (Å²) in [4.78, 5) is 0. The molecule has 0 saturated carbocycles. The summed E-state index contributed by atoms with van der Waals surface area (Å²) in [6.45, 7) is 0. The lowest BCUT2D eigenvalue weighted by molar-refractivity contribution is 1.18. The molecule has 0 atom stereocenters. The van der Waals surface area contributed by atoms with Gasteiger partial charge in [0.2, 0.25) is 0 Å². The van der Waals surface area contributed by atoms with Crippen LogP contribution >= 0.6 is 11.3 Å². The topological polar surface area (TPSA) is 4.93 Å². The van der Waals surface area contributed by atoms with Gasteiger partial charge in [-0.3, -0.25) is 0 Å². The van der Waals surface area contributed by atoms with Crippen LogP contribution in [0.4, 0.5) is 0 Å². The highest BCUT2D eigenvalue weighted by Gasteiger charge is 2.22. The smallest absolute Gasteiger partial charge is 0.0541 e. The Morgan fingerprint density at radius 2 is 0.875 bits per heavy atom. The zero-order valence-electron chi connectivity index (χ0n) is 30.4. The van der Waals surface area contributed by atoms with Crippen molar-refractivity contribution < 1.29 is 0 Å². The molecule has 12 rings (SSSR count). The Bertz CT molecular complexity index is 3460. The van der Waals surface area contributed by atoms with E-state index in [9.17, 15) is 0 Å². The number of nitrogens with zero attached hydrogens (tertiary/aromatic N) is 1. The van der Waals surface area contributed by atoms with Gasteiger partial charge in [-0.25, -0.2) is 0 Å². The lowest BCUT2D eigenvalue weighted by Crippen LogP contribution is -1.95. The summed E-state index contributed by atoms with van der Waals surface area (Å²) in [6, 6.07) is 73.8. The summed E-state index contributed by atoms with van der Waals surface area (Å²) in [5, 5.41) is 12.9. The average Bonchev–Trinajstić information content (AvgIpc) is 3.82. The Morgan fingerprint density at radius 3 is 1.64 bits per heavy atom. The zero-order valence-corrected chi connectivity index (χ0v) is 31.2. The molecule has 2 aromatic heterocycles. The molecular weight excluding hydrogens is 695 g/mol. The molecular formula is C54H33NS. The molecule has 0 amide bonds. The van der Waals surface area contributed by atoms with Gasteiger partial charge in [0, 0.05) is 42.0 Å². The van der Waals surface area contributed by atoms with Gasteiger partial charge in [0.05, 0.1) is 11.0 Å². The molecule has 2 heterocycles. The Labute approximate surface area is 327 Å². The molecule has 0 unspecified atom stereocenters. The molecule has 0 aliphatic rings. The Balaban J connectivity index is 1.12. The van der Waals surface area contributed by atoms with Gasteiger partial charge >= 0.3 is 0 Å². The van der Waals surface area contributed by atoms with Crippen LogP contribution in [-0.4, -0.2) is 4.57 Å². The fourth-order valence-electron chi connectivity index (χ4n) is 9.29. The van der Waals surface area contributed by atoms with Crippen molar-refractivity contribution in [3.63, 3.8) is 0 Å². The third-order valence-electron chi connectivity index (χ3n) is 11.8. The van der Waals surface area contributed by atoms with Gasteiger partial charge in [0.25, 0.3) is 0 Å². The molecule has 2 heteroatoms. The third kappa shape index (κ3) is 4.60. The first-order valence-corrected chi connectivity index (χ1v) is 20.1. The number of para-hydroxylation sites is 2. The van der Waals surface area contributed by atoms with Gasteiger partial charge in [-0.2, -0.15) is 0 Å². The summed E-state index contributed by atoms with van der Waals surface area (Å²) < 4.78 is 5.07. The van der Waals surface area contributed by atoms with Crippen molar-refractivity contribution in [3.05, 3.63) is 200 Å². The first-order chi connectivity index (χ1) is 27.8. The largest absolute Gasteiger partial charge is 0.309 e. The normalized spacial score (nSPS) is 11.9. The summed E-state index contributed by atoms with van der Waals surface area (Å²) in [6.07, 6.45) is 0. The average molecular weight is 728 g/mol. The number of hydrogen-bond donors (Lipinski definition) is 0. The second-order valence-corrected chi connectivity index (χ2v) is 15.8. The first kappa shape index (κ1) is 31.4. The lowest BCUT2D eigenvalue weighted by atomic mass is 9.84. The van der Waals surface area contributed by atoms with Crippen LogP contribution < -0.4 is 0 Å². The number of thiophene rings is 1. The van der Waals surface area contributed by atoms with E-state index in [1.54, 1.807) is 0 Å². The number of aromatic nitrogens is 1. The van der Waals surface area contributed by atoms with E-state index in [0.717, 1.165) is 5.69 Å². The van der Waals surface area contributed by atoms with E-state index in [1.807, 2.05) is 11.3 Å². The highest BCUT2D eigenvalue weighted by atomic mass is 32.1. The minimum Gasteiger partial charge on any atom is -0.309 e. The summed E-state index contributed by atoms with van der Waals surface area (Å²) in [5.41, 5.74) is 11.1. The van der Waals surface area contributed by atoms with E-state index >= 15 is 0 Å². The van der Waals surface area contributed by atoms with Gasteiger partial charge in [-0.15, -0.1) is 11.3 Å². The van der Waals surface area contributed by atoms with Crippen LogP contribution in [0, 0.1) is 0 Å². The third-order valence-corrected chi connectivity index (χ3v) is 13.0. The van der Waals surface area contributed by atoms with Gasteiger partial charge in [-0.1, -0.05) is 170 Å². The van der Waals surface area contributed by atoms with E-state index in [1.165, 1.54) is 108 Å². The van der Waals surface area contributed by atoms with Crippen molar-refractivity contribution in [2.45, 2.75) is 0 Å². The summed E-state index contributed by atoms with van der Waals surface area (Å²) in [7, 11) is 0. The minimum atomic E-state index is 1.16. The monoisotopic (exact) mass is 727 g/mol. The maximum atomic E-state index is 2.40. The SMILES string of the molecule is c1ccc(-c2c(-c3ccc(-n4c5ccccc5c5ccccc54)cc3)c3ccccc3c3c2ccc2c4cccc(-c5ccc6ccccc6c5)c4sc23)cc1. The van der Waals surface area contributed by atoms with Crippen LogP contribution in [0.25, 0.3) is 113 Å². The first-order valence-electron chi connectivity index (χ1n) is 19.3. The maximum absolute atomic E-state index is 2.40. The Kier molecular flexibility index (Phi) is 6.87. The van der Waals surface area contributed by atoms with Crippen molar-refractivity contribution in [2.75, 3.05) is 0 Å². The van der Waals surface area contributed by atoms with Crippen LogP contribution in [-0.2, 0) is 0 Å². The van der Waals surface area contributed by atoms with Gasteiger partial charge in [-0.05, 0) is 90.6 Å². The summed E-state index contributed by atoms with van der Waals surface area (Å²) in [5.74, 6) is 0. The van der Waals surface area contributed by atoms with Crippen molar-refractivity contribution in [1.29, 1.82) is 0 Å². The van der Waals surface area contributed by atoms with Crippen LogP contribution in [0.5, 0.6) is 0 Å². The quantitative estimate of drug-likeness (QED) is 0.159. The fraction of sp³-hybridized carbons (Fsp3) is 0. The van der Waals surface area contributed by atoms with Crippen molar-refractivity contribution in [1.82, 2.24) is 4.57 Å². The van der Waals surface area contributed by atoms with Gasteiger partial charge in [0.15, 0.2) is 0 Å². The maximum Gasteiger partial charge on any atom is 0.0541 e. The molecule has 0 N–H and O–H groups in total. The molecule has 12 aromatic rings. The van der Waals surface area contributed by atoms with E-state index < -0.39 is 0 Å². The highest BCUT2D eigenvalue weighted by molar-refractivity contribution is 7.27. The molecule has 0 aliphatic heterocycles. The number of benzene rings is 10. The van der Waals surface area contributed by atoms with Crippen molar-refractivity contribution in [3.8, 4) is 39.1 Å². The molecule has 0 saturated heterocycles. The fourth-order valence-corrected chi connectivity index (χ4v) is 10.7. The Morgan fingerprint density at radius 1 is 0.321 bits per heavy atom. The van der Waals surface area contributed by atoms with Crippen LogP contribution in [0.2, 0.25) is 0 Å². The van der Waals surface area contributed by atoms with Crippen molar-refractivity contribution in [2.24, 2.45) is 0 Å². The highest BCUT2D eigenvalue weighted by Crippen LogP contribution is 2.50. The zero-order chi connectivity index (χ0) is 36.7. The molecule has 0 spiro atoms. The molecule has 0 radical (unpaired) electrons. The molecule has 0 bridgehead atoms. The lowest BCUT2D eigenvalue weighted by Gasteiger charge is -2.19. The molecule has 260 valence electrons. The minimum absolute atomic E-state index is 1.16. The van der Waals surface area contributed by atoms with Crippen molar-refractivity contribution >= 4 is 85.6 Å². The molecule has 0 fully saturated rings. The van der Waals surface area contributed by atoms with E-state index in [4.69, 9.17) is 0 Å². The number of fused-ring (bicyclic) bond motifs is 11. The van der Waals surface area contributed by atoms with Crippen LogP contribution in [0.15, 0.2) is 200 Å². The second-order valence-electron chi connectivity index (χ2n) is 14.8. The summed E-state index contributed by atoms with van der Waals surface area (Å²) >= 11 is 1.94. The predicted molar refractivity (Wildman–Crippen MR) is 242 cm³/mol. The molecule has 56 heavy (non-hydrogen) atoms. The van der Waals surface area contributed by atoms with Gasteiger partial charge < -0.3 is 4.57 Å². The number of rotatable bonds is 4.